The van der Waals surface area contributed by atoms with Gasteiger partial charge in [0, 0.05) is 61.2 Å². The van der Waals surface area contributed by atoms with Crippen molar-refractivity contribution in [2.24, 2.45) is 0 Å². The molecule has 0 unspecified atom stereocenters. The summed E-state index contributed by atoms with van der Waals surface area (Å²) in [5.41, 5.74) is 6.08. The van der Waals surface area contributed by atoms with E-state index in [4.69, 9.17) is 0 Å². The number of hydrogen-bond donors (Lipinski definition) is 1. The molecule has 1 aliphatic rings. The fourth-order valence-electron chi connectivity index (χ4n) is 4.12. The summed E-state index contributed by atoms with van der Waals surface area (Å²) < 4.78 is 2.03. The number of nitrogens with zero attached hydrogens (tertiary/aromatic N) is 3. The predicted molar refractivity (Wildman–Crippen MR) is 124 cm³/mol. The summed E-state index contributed by atoms with van der Waals surface area (Å²) in [7, 11) is 0. The van der Waals surface area contributed by atoms with E-state index in [-0.39, 0.29) is 5.91 Å². The van der Waals surface area contributed by atoms with Gasteiger partial charge in [-0.15, -0.1) is 0 Å². The Labute approximate surface area is 178 Å². The number of aryl methyl sites for hydroxylation is 2. The highest BCUT2D eigenvalue weighted by Crippen LogP contribution is 2.25. The average molecular weight is 403 g/mol. The molecule has 1 amide bonds. The maximum Gasteiger partial charge on any atom is 0.255 e. The fourth-order valence-corrected chi connectivity index (χ4v) is 4.12. The second-order valence-corrected chi connectivity index (χ2v) is 7.97. The minimum Gasteiger partial charge on any atom is -0.369 e. The molecular weight excluding hydrogens is 372 g/mol. The minimum atomic E-state index is -0.0906. The summed E-state index contributed by atoms with van der Waals surface area (Å²) in [5, 5.41) is 3.06. The number of piperazine rings is 1. The first-order valence-corrected chi connectivity index (χ1v) is 10.7. The molecule has 30 heavy (non-hydrogen) atoms. The van der Waals surface area contributed by atoms with E-state index in [0.717, 1.165) is 49.7 Å². The number of hydrogen-bond acceptors (Lipinski definition) is 3. The lowest BCUT2D eigenvalue weighted by molar-refractivity contribution is 0.102. The van der Waals surface area contributed by atoms with Crippen molar-refractivity contribution in [3.8, 4) is 5.69 Å². The van der Waals surface area contributed by atoms with Crippen molar-refractivity contribution >= 4 is 17.3 Å². The zero-order chi connectivity index (χ0) is 21.1. The van der Waals surface area contributed by atoms with Gasteiger partial charge in [0.05, 0.1) is 0 Å². The van der Waals surface area contributed by atoms with Gasteiger partial charge in [0.2, 0.25) is 0 Å². The summed E-state index contributed by atoms with van der Waals surface area (Å²) in [5.74, 6) is -0.0906. The number of rotatable bonds is 5. The topological polar surface area (TPSA) is 40.5 Å². The summed E-state index contributed by atoms with van der Waals surface area (Å²) in [6.07, 6.45) is 3.98. The number of anilines is 2. The second kappa shape index (κ2) is 8.76. The highest BCUT2D eigenvalue weighted by Gasteiger charge is 2.17. The molecular formula is C25H30N4O. The number of carbonyl (C=O) groups excluding carboxylic acids is 1. The highest BCUT2D eigenvalue weighted by molar-refractivity contribution is 6.04. The van der Waals surface area contributed by atoms with Gasteiger partial charge < -0.3 is 19.7 Å². The van der Waals surface area contributed by atoms with Gasteiger partial charge >= 0.3 is 0 Å². The Kier molecular flexibility index (Phi) is 5.91. The maximum absolute atomic E-state index is 12.9. The van der Waals surface area contributed by atoms with Crippen LogP contribution < -0.4 is 10.2 Å². The predicted octanol–water partition coefficient (Wildman–Crippen LogP) is 4.49. The first-order valence-electron chi connectivity index (χ1n) is 10.7. The fraction of sp³-hybridized carbons (Fsp3) is 0.320. The van der Waals surface area contributed by atoms with Crippen LogP contribution in [0.3, 0.4) is 0 Å². The van der Waals surface area contributed by atoms with Crippen molar-refractivity contribution in [3.05, 3.63) is 77.6 Å². The molecule has 1 saturated heterocycles. The van der Waals surface area contributed by atoms with Gasteiger partial charge in [0.1, 0.15) is 0 Å². The number of aromatic nitrogens is 1. The van der Waals surface area contributed by atoms with Gasteiger partial charge in [-0.25, -0.2) is 0 Å². The highest BCUT2D eigenvalue weighted by atomic mass is 16.1. The zero-order valence-electron chi connectivity index (χ0n) is 18.1. The maximum atomic E-state index is 12.9. The molecule has 1 fully saturated rings. The largest absolute Gasteiger partial charge is 0.369 e. The zero-order valence-corrected chi connectivity index (χ0v) is 18.1. The molecule has 5 nitrogen and oxygen atoms in total. The molecule has 4 rings (SSSR count). The SMILES string of the molecule is CCN1CCN(c2ccc(NC(=O)c3ccc(C)c(-n4cccc4)c3)cc2C)CC1. The molecule has 1 aliphatic heterocycles. The number of carbonyl (C=O) groups is 1. The quantitative estimate of drug-likeness (QED) is 0.684. The Balaban J connectivity index is 1.48. The lowest BCUT2D eigenvalue weighted by Crippen LogP contribution is -2.46. The van der Waals surface area contributed by atoms with Crippen LogP contribution in [-0.4, -0.2) is 48.1 Å². The van der Waals surface area contributed by atoms with Crippen molar-refractivity contribution < 1.29 is 4.79 Å². The molecule has 1 aromatic heterocycles. The third-order valence-corrected chi connectivity index (χ3v) is 5.97. The molecule has 0 aliphatic carbocycles. The monoisotopic (exact) mass is 402 g/mol. The van der Waals surface area contributed by atoms with E-state index in [9.17, 15) is 4.79 Å². The van der Waals surface area contributed by atoms with Gasteiger partial charge in [-0.2, -0.15) is 0 Å². The number of benzene rings is 2. The van der Waals surface area contributed by atoms with Crippen LogP contribution in [-0.2, 0) is 0 Å². The van der Waals surface area contributed by atoms with Crippen LogP contribution in [0.4, 0.5) is 11.4 Å². The Morgan fingerprint density at radius 3 is 2.30 bits per heavy atom. The van der Waals surface area contributed by atoms with E-state index in [1.807, 2.05) is 53.4 Å². The number of likely N-dealkylation sites (N-methyl/N-ethyl adjacent to an activating group) is 1. The van der Waals surface area contributed by atoms with E-state index in [2.05, 4.69) is 48.0 Å². The van der Waals surface area contributed by atoms with Crippen molar-refractivity contribution in [2.75, 3.05) is 42.9 Å². The molecule has 0 spiro atoms. The first-order chi connectivity index (χ1) is 14.5. The number of amides is 1. The van der Waals surface area contributed by atoms with Crippen LogP contribution in [0.15, 0.2) is 60.9 Å². The molecule has 0 atom stereocenters. The Bertz CT molecular complexity index is 1020. The van der Waals surface area contributed by atoms with Gasteiger partial charge in [0.15, 0.2) is 0 Å². The molecule has 5 heteroatoms. The third kappa shape index (κ3) is 4.26. The number of nitrogens with one attached hydrogen (secondary N) is 1. The molecule has 0 saturated carbocycles. The standard InChI is InChI=1S/C25H30N4O/c1-4-27-13-15-29(16-14-27)23-10-9-22(17-20(23)3)26-25(30)21-8-7-19(2)24(18-21)28-11-5-6-12-28/h5-12,17-18H,4,13-16H2,1-3H3,(H,26,30). The van der Waals surface area contributed by atoms with E-state index in [0.29, 0.717) is 5.56 Å². The first kappa shape index (κ1) is 20.2. The molecule has 0 radical (unpaired) electrons. The lowest BCUT2D eigenvalue weighted by Gasteiger charge is -2.36. The molecule has 1 N–H and O–H groups in total. The molecule has 3 aromatic rings. The molecule has 0 bridgehead atoms. The van der Waals surface area contributed by atoms with Crippen LogP contribution in [0.5, 0.6) is 0 Å². The molecule has 2 aromatic carbocycles. The van der Waals surface area contributed by atoms with E-state index >= 15 is 0 Å². The molecule has 2 heterocycles. The van der Waals surface area contributed by atoms with Crippen LogP contribution in [0.25, 0.3) is 5.69 Å². The van der Waals surface area contributed by atoms with Gasteiger partial charge in [-0.1, -0.05) is 13.0 Å². The van der Waals surface area contributed by atoms with Crippen molar-refractivity contribution in [3.63, 3.8) is 0 Å². The van der Waals surface area contributed by atoms with Crippen molar-refractivity contribution in [1.29, 1.82) is 0 Å². The summed E-state index contributed by atoms with van der Waals surface area (Å²) in [6, 6.07) is 16.0. The van der Waals surface area contributed by atoms with E-state index in [1.54, 1.807) is 0 Å². The second-order valence-electron chi connectivity index (χ2n) is 7.97. The van der Waals surface area contributed by atoms with E-state index < -0.39 is 0 Å². The smallest absolute Gasteiger partial charge is 0.255 e. The van der Waals surface area contributed by atoms with Crippen LogP contribution in [0, 0.1) is 13.8 Å². The lowest BCUT2D eigenvalue weighted by atomic mass is 10.1. The van der Waals surface area contributed by atoms with Crippen molar-refractivity contribution in [1.82, 2.24) is 9.47 Å². The summed E-state index contributed by atoms with van der Waals surface area (Å²) in [4.78, 5) is 17.8. The summed E-state index contributed by atoms with van der Waals surface area (Å²) >= 11 is 0. The van der Waals surface area contributed by atoms with E-state index in [1.165, 1.54) is 11.3 Å². The van der Waals surface area contributed by atoms with Crippen LogP contribution in [0.2, 0.25) is 0 Å². The van der Waals surface area contributed by atoms with Crippen LogP contribution >= 0.6 is 0 Å². The van der Waals surface area contributed by atoms with Crippen molar-refractivity contribution in [2.45, 2.75) is 20.8 Å². The Morgan fingerprint density at radius 2 is 1.63 bits per heavy atom. The van der Waals surface area contributed by atoms with Crippen LogP contribution in [0.1, 0.15) is 28.4 Å². The van der Waals surface area contributed by atoms with Gasteiger partial charge in [0.25, 0.3) is 5.91 Å². The van der Waals surface area contributed by atoms with Gasteiger partial charge in [-0.3, -0.25) is 4.79 Å². The van der Waals surface area contributed by atoms with Gasteiger partial charge in [-0.05, 0) is 74.0 Å². The molecule has 156 valence electrons. The normalized spacial score (nSPS) is 14.7. The minimum absolute atomic E-state index is 0.0906. The Morgan fingerprint density at radius 1 is 0.900 bits per heavy atom. The third-order valence-electron chi connectivity index (χ3n) is 5.97. The summed E-state index contributed by atoms with van der Waals surface area (Å²) in [6.45, 7) is 11.8. The average Bonchev–Trinajstić information content (AvgIpc) is 3.29. The Hall–Kier alpha value is -3.05.